The molecule has 0 saturated heterocycles. The van der Waals surface area contributed by atoms with Gasteiger partial charge in [0, 0.05) is 17.1 Å². The maximum atomic E-state index is 14.5. The average Bonchev–Trinajstić information content (AvgIpc) is 3.51. The summed E-state index contributed by atoms with van der Waals surface area (Å²) < 4.78 is 6.94. The van der Waals surface area contributed by atoms with Gasteiger partial charge in [0.2, 0.25) is 5.76 Å². The van der Waals surface area contributed by atoms with Crippen LogP contribution in [-0.4, -0.2) is 23.3 Å². The lowest BCUT2D eigenvalue weighted by Gasteiger charge is -2.32. The standard InChI is InChI=1S/C29H18ClN3O4S/c1-3-12-32-20-7-5-4-6-18(20)29(27(32)36)23-24(34)17-14-16(30)9-11-21(17)37-25(23)26(35)33(29)28-31-19-10-8-15(2)13-22(19)38-28/h3-11,13-14H,1,12H2,2H3. The lowest BCUT2D eigenvalue weighted by Crippen LogP contribution is -2.53. The highest BCUT2D eigenvalue weighted by atomic mass is 35.5. The van der Waals surface area contributed by atoms with Crippen molar-refractivity contribution in [3.05, 3.63) is 111 Å². The number of para-hydroxylation sites is 1. The number of nitrogens with zero attached hydrogens (tertiary/aromatic N) is 3. The van der Waals surface area contributed by atoms with Crippen molar-refractivity contribution < 1.29 is 14.0 Å². The SMILES string of the molecule is C=CCN1C(=O)C2(c3ccccc31)c1c(oc3ccc(Cl)cc3c1=O)C(=O)N2c1nc2ccc(C)cc2s1. The molecule has 0 radical (unpaired) electrons. The van der Waals surface area contributed by atoms with Crippen LogP contribution in [0, 0.1) is 6.92 Å². The molecule has 1 spiro atoms. The molecule has 4 heterocycles. The highest BCUT2D eigenvalue weighted by Crippen LogP contribution is 2.54. The molecule has 5 aromatic rings. The van der Waals surface area contributed by atoms with Gasteiger partial charge in [-0.15, -0.1) is 6.58 Å². The Morgan fingerprint density at radius 2 is 1.92 bits per heavy atom. The Hall–Kier alpha value is -4.27. The van der Waals surface area contributed by atoms with Crippen molar-refractivity contribution in [2.24, 2.45) is 0 Å². The van der Waals surface area contributed by atoms with E-state index in [0.717, 1.165) is 10.3 Å². The van der Waals surface area contributed by atoms with Gasteiger partial charge in [-0.1, -0.05) is 53.3 Å². The molecule has 38 heavy (non-hydrogen) atoms. The Morgan fingerprint density at radius 3 is 2.74 bits per heavy atom. The van der Waals surface area contributed by atoms with Crippen molar-refractivity contribution in [1.82, 2.24) is 4.98 Å². The number of carbonyl (C=O) groups is 2. The monoisotopic (exact) mass is 539 g/mol. The van der Waals surface area contributed by atoms with Crippen molar-refractivity contribution in [3.8, 4) is 0 Å². The molecule has 186 valence electrons. The number of aryl methyl sites for hydroxylation is 1. The number of thiazole rings is 1. The van der Waals surface area contributed by atoms with E-state index < -0.39 is 22.8 Å². The minimum absolute atomic E-state index is 0.0308. The first kappa shape index (κ1) is 22.9. The van der Waals surface area contributed by atoms with Crippen LogP contribution in [0.15, 0.2) is 82.5 Å². The summed E-state index contributed by atoms with van der Waals surface area (Å²) in [4.78, 5) is 50.6. The fourth-order valence-corrected chi connectivity index (χ4v) is 6.85. The summed E-state index contributed by atoms with van der Waals surface area (Å²) in [5.41, 5.74) is 0.715. The van der Waals surface area contributed by atoms with Gasteiger partial charge < -0.3 is 9.32 Å². The molecule has 2 amide bonds. The predicted molar refractivity (Wildman–Crippen MR) is 148 cm³/mol. The van der Waals surface area contributed by atoms with Crippen LogP contribution in [0.3, 0.4) is 0 Å². The molecule has 2 aliphatic rings. The number of benzene rings is 3. The van der Waals surface area contributed by atoms with Crippen LogP contribution < -0.4 is 15.2 Å². The van der Waals surface area contributed by atoms with Gasteiger partial charge in [-0.3, -0.25) is 19.3 Å². The maximum absolute atomic E-state index is 14.5. The largest absolute Gasteiger partial charge is 0.450 e. The molecule has 3 aromatic carbocycles. The Kier molecular flexibility index (Phi) is 4.74. The van der Waals surface area contributed by atoms with Gasteiger partial charge in [-0.05, 0) is 48.9 Å². The molecule has 1 unspecified atom stereocenters. The molecule has 7 nitrogen and oxygen atoms in total. The van der Waals surface area contributed by atoms with Gasteiger partial charge >= 0.3 is 0 Å². The third-order valence-corrected chi connectivity index (χ3v) is 8.36. The second-order valence-electron chi connectivity index (χ2n) is 9.32. The van der Waals surface area contributed by atoms with Crippen LogP contribution in [0.25, 0.3) is 21.2 Å². The zero-order chi connectivity index (χ0) is 26.3. The van der Waals surface area contributed by atoms with Crippen LogP contribution in [0.2, 0.25) is 5.02 Å². The number of aromatic nitrogens is 1. The molecule has 9 heteroatoms. The molecular weight excluding hydrogens is 522 g/mol. The van der Waals surface area contributed by atoms with Crippen LogP contribution in [0.1, 0.15) is 27.2 Å². The van der Waals surface area contributed by atoms with Gasteiger partial charge in [0.05, 0.1) is 26.9 Å². The summed E-state index contributed by atoms with van der Waals surface area (Å²) >= 11 is 7.51. The summed E-state index contributed by atoms with van der Waals surface area (Å²) in [6.45, 7) is 5.97. The summed E-state index contributed by atoms with van der Waals surface area (Å²) in [6, 6.07) is 17.6. The lowest BCUT2D eigenvalue weighted by molar-refractivity contribution is -0.121. The predicted octanol–water partition coefficient (Wildman–Crippen LogP) is 5.80. The molecule has 2 aliphatic heterocycles. The highest BCUT2D eigenvalue weighted by molar-refractivity contribution is 7.22. The van der Waals surface area contributed by atoms with E-state index in [1.54, 1.807) is 36.4 Å². The Bertz CT molecular complexity index is 1940. The van der Waals surface area contributed by atoms with Gasteiger partial charge in [0.15, 0.2) is 16.1 Å². The second-order valence-corrected chi connectivity index (χ2v) is 10.8. The first-order valence-electron chi connectivity index (χ1n) is 11.9. The molecule has 0 saturated carbocycles. The Morgan fingerprint density at radius 1 is 1.11 bits per heavy atom. The normalized spacial score (nSPS) is 18.2. The molecule has 0 bridgehead atoms. The van der Waals surface area contributed by atoms with Gasteiger partial charge in [0.25, 0.3) is 11.8 Å². The smallest absolute Gasteiger partial charge is 0.297 e. The Labute approximate surface area is 225 Å². The molecular formula is C29H18ClN3O4S. The lowest BCUT2D eigenvalue weighted by atomic mass is 9.84. The van der Waals surface area contributed by atoms with E-state index in [1.807, 2.05) is 31.2 Å². The quantitative estimate of drug-likeness (QED) is 0.270. The van der Waals surface area contributed by atoms with E-state index in [4.69, 9.17) is 21.0 Å². The van der Waals surface area contributed by atoms with Crippen molar-refractivity contribution >= 4 is 66.8 Å². The van der Waals surface area contributed by atoms with Crippen LogP contribution in [0.5, 0.6) is 0 Å². The van der Waals surface area contributed by atoms with Crippen molar-refractivity contribution in [1.29, 1.82) is 0 Å². The average molecular weight is 540 g/mol. The molecule has 1 atom stereocenters. The third-order valence-electron chi connectivity index (χ3n) is 7.12. The number of hydrogen-bond donors (Lipinski definition) is 0. The van der Waals surface area contributed by atoms with E-state index in [1.165, 1.54) is 27.2 Å². The molecule has 0 aliphatic carbocycles. The number of hydrogen-bond acceptors (Lipinski definition) is 6. The van der Waals surface area contributed by atoms with Gasteiger partial charge in [0.1, 0.15) is 5.58 Å². The maximum Gasteiger partial charge on any atom is 0.297 e. The number of halogens is 1. The number of anilines is 2. The molecule has 0 fully saturated rings. The summed E-state index contributed by atoms with van der Waals surface area (Å²) in [6.07, 6.45) is 1.61. The second kappa shape index (κ2) is 7.86. The van der Waals surface area contributed by atoms with Crippen molar-refractivity contribution in [3.63, 3.8) is 0 Å². The number of amides is 2. The van der Waals surface area contributed by atoms with Crippen LogP contribution in [-0.2, 0) is 10.3 Å². The highest BCUT2D eigenvalue weighted by Gasteiger charge is 2.66. The van der Waals surface area contributed by atoms with Gasteiger partial charge in [-0.2, -0.15) is 0 Å². The van der Waals surface area contributed by atoms with Crippen molar-refractivity contribution in [2.75, 3.05) is 16.3 Å². The minimum Gasteiger partial charge on any atom is -0.450 e. The first-order chi connectivity index (χ1) is 18.4. The van der Waals surface area contributed by atoms with E-state index in [0.29, 0.717) is 26.9 Å². The van der Waals surface area contributed by atoms with Crippen LogP contribution in [0.4, 0.5) is 10.8 Å². The number of carbonyl (C=O) groups excluding carboxylic acids is 2. The minimum atomic E-state index is -1.80. The first-order valence-corrected chi connectivity index (χ1v) is 13.1. The fraction of sp³-hybridized carbons (Fsp3) is 0.103. The fourth-order valence-electron chi connectivity index (χ4n) is 5.56. The molecule has 2 aromatic heterocycles. The van der Waals surface area contributed by atoms with E-state index in [2.05, 4.69) is 6.58 Å². The molecule has 0 N–H and O–H groups in total. The zero-order valence-electron chi connectivity index (χ0n) is 20.0. The topological polar surface area (TPSA) is 83.7 Å². The zero-order valence-corrected chi connectivity index (χ0v) is 21.6. The van der Waals surface area contributed by atoms with E-state index in [9.17, 15) is 14.4 Å². The van der Waals surface area contributed by atoms with Crippen molar-refractivity contribution in [2.45, 2.75) is 12.5 Å². The van der Waals surface area contributed by atoms with Gasteiger partial charge in [-0.25, -0.2) is 4.98 Å². The number of rotatable bonds is 3. The summed E-state index contributed by atoms with van der Waals surface area (Å²) in [7, 11) is 0. The summed E-state index contributed by atoms with van der Waals surface area (Å²) in [5, 5.41) is 0.831. The Balaban J connectivity index is 1.63. The van der Waals surface area contributed by atoms with Crippen LogP contribution >= 0.6 is 22.9 Å². The molecule has 7 rings (SSSR count). The van der Waals surface area contributed by atoms with E-state index in [-0.39, 0.29) is 28.8 Å². The summed E-state index contributed by atoms with van der Waals surface area (Å²) in [5.74, 6) is -1.23. The number of fused-ring (bicyclic) bond motifs is 6. The van der Waals surface area contributed by atoms with E-state index >= 15 is 0 Å². The third kappa shape index (κ3) is 2.78.